The van der Waals surface area contributed by atoms with Gasteiger partial charge in [0.15, 0.2) is 0 Å². The molecule has 0 aromatic carbocycles. The van der Waals surface area contributed by atoms with Crippen molar-refractivity contribution in [3.05, 3.63) is 59.4 Å². The van der Waals surface area contributed by atoms with Gasteiger partial charge in [-0.05, 0) is 30.7 Å². The molecule has 2 aromatic rings. The number of aromatic nitrogens is 2. The molecule has 2 rings (SSSR count). The summed E-state index contributed by atoms with van der Waals surface area (Å²) in [5.41, 5.74) is -0.0985. The number of halogens is 4. The van der Waals surface area contributed by atoms with Crippen LogP contribution in [0.15, 0.2) is 36.7 Å². The molecule has 1 unspecified atom stereocenters. The van der Waals surface area contributed by atoms with Gasteiger partial charge in [0.1, 0.15) is 11.5 Å². The standard InChI is InChI=1S/C14H13F4N3/c1-9(13-11(15)3-2-6-19-13)20-7-10-4-5-12(21-8-10)14(16,17)18/h2-6,8-9,20H,7H2,1H3. The molecule has 1 atom stereocenters. The molecule has 2 aromatic heterocycles. The van der Waals surface area contributed by atoms with E-state index in [1.54, 1.807) is 6.92 Å². The van der Waals surface area contributed by atoms with Crippen LogP contribution in [-0.2, 0) is 12.7 Å². The van der Waals surface area contributed by atoms with Crippen molar-refractivity contribution in [2.75, 3.05) is 0 Å². The first-order chi connectivity index (χ1) is 9.88. The molecule has 0 spiro atoms. The number of alkyl halides is 3. The second-order valence-corrected chi connectivity index (χ2v) is 4.52. The van der Waals surface area contributed by atoms with Gasteiger partial charge in [0.2, 0.25) is 0 Å². The first-order valence-electron chi connectivity index (χ1n) is 6.24. The average Bonchev–Trinajstić information content (AvgIpc) is 2.45. The minimum absolute atomic E-state index is 0.261. The van der Waals surface area contributed by atoms with Gasteiger partial charge in [0.25, 0.3) is 0 Å². The average molecular weight is 299 g/mol. The van der Waals surface area contributed by atoms with Gasteiger partial charge in [-0.3, -0.25) is 9.97 Å². The molecular weight excluding hydrogens is 286 g/mol. The normalized spacial score (nSPS) is 13.2. The molecule has 0 amide bonds. The summed E-state index contributed by atoms with van der Waals surface area (Å²) in [4.78, 5) is 7.30. The summed E-state index contributed by atoms with van der Waals surface area (Å²) in [6.45, 7) is 1.99. The Morgan fingerprint density at radius 2 is 1.95 bits per heavy atom. The molecule has 0 saturated heterocycles. The third kappa shape index (κ3) is 3.98. The van der Waals surface area contributed by atoms with E-state index >= 15 is 0 Å². The summed E-state index contributed by atoms with van der Waals surface area (Å²) >= 11 is 0. The van der Waals surface area contributed by atoms with E-state index in [9.17, 15) is 17.6 Å². The van der Waals surface area contributed by atoms with Crippen LogP contribution in [0.1, 0.15) is 29.9 Å². The second-order valence-electron chi connectivity index (χ2n) is 4.52. The lowest BCUT2D eigenvalue weighted by molar-refractivity contribution is -0.141. The van der Waals surface area contributed by atoms with Crippen LogP contribution in [-0.4, -0.2) is 9.97 Å². The van der Waals surface area contributed by atoms with E-state index in [0.717, 1.165) is 12.3 Å². The van der Waals surface area contributed by atoms with Crippen molar-refractivity contribution in [3.8, 4) is 0 Å². The summed E-state index contributed by atoms with van der Waals surface area (Å²) in [5.74, 6) is -0.428. The molecule has 7 heteroatoms. The predicted octanol–water partition coefficient (Wildman–Crippen LogP) is 3.49. The Kier molecular flexibility index (Phi) is 4.52. The Hall–Kier alpha value is -2.02. The van der Waals surface area contributed by atoms with Crippen molar-refractivity contribution in [1.82, 2.24) is 15.3 Å². The maximum atomic E-state index is 13.5. The molecule has 2 heterocycles. The van der Waals surface area contributed by atoms with Crippen LogP contribution in [0.3, 0.4) is 0 Å². The fraction of sp³-hybridized carbons (Fsp3) is 0.286. The lowest BCUT2D eigenvalue weighted by Crippen LogP contribution is -2.20. The molecule has 0 radical (unpaired) electrons. The highest BCUT2D eigenvalue weighted by Gasteiger charge is 2.31. The van der Waals surface area contributed by atoms with Crippen molar-refractivity contribution in [1.29, 1.82) is 0 Å². The summed E-state index contributed by atoms with van der Waals surface area (Å²) in [6, 6.07) is 4.69. The fourth-order valence-electron chi connectivity index (χ4n) is 1.78. The number of hydrogen-bond acceptors (Lipinski definition) is 3. The lowest BCUT2D eigenvalue weighted by Gasteiger charge is -2.14. The van der Waals surface area contributed by atoms with Gasteiger partial charge in [-0.15, -0.1) is 0 Å². The van der Waals surface area contributed by atoms with Crippen molar-refractivity contribution in [2.45, 2.75) is 25.7 Å². The summed E-state index contributed by atoms with van der Waals surface area (Å²) in [5, 5.41) is 2.99. The smallest absolute Gasteiger partial charge is 0.305 e. The third-order valence-corrected chi connectivity index (χ3v) is 2.92. The Labute approximate surface area is 119 Å². The SMILES string of the molecule is CC(NCc1ccc(C(F)(F)F)nc1)c1ncccc1F. The molecule has 0 bridgehead atoms. The summed E-state index contributed by atoms with van der Waals surface area (Å²) in [7, 11) is 0. The molecule has 0 aliphatic rings. The predicted molar refractivity (Wildman–Crippen MR) is 68.7 cm³/mol. The number of nitrogens with zero attached hydrogens (tertiary/aromatic N) is 2. The number of hydrogen-bond donors (Lipinski definition) is 1. The topological polar surface area (TPSA) is 37.8 Å². The Bertz CT molecular complexity index is 596. The fourth-order valence-corrected chi connectivity index (χ4v) is 1.78. The minimum Gasteiger partial charge on any atom is -0.305 e. The zero-order valence-corrected chi connectivity index (χ0v) is 11.2. The molecular formula is C14H13F4N3. The molecule has 0 aliphatic carbocycles. The maximum absolute atomic E-state index is 13.5. The van der Waals surface area contributed by atoms with Gasteiger partial charge in [-0.2, -0.15) is 13.2 Å². The molecule has 112 valence electrons. The highest BCUT2D eigenvalue weighted by molar-refractivity contribution is 5.17. The van der Waals surface area contributed by atoms with Crippen LogP contribution < -0.4 is 5.32 Å². The van der Waals surface area contributed by atoms with Crippen LogP contribution >= 0.6 is 0 Å². The zero-order valence-electron chi connectivity index (χ0n) is 11.2. The van der Waals surface area contributed by atoms with Crippen LogP contribution in [0, 0.1) is 5.82 Å². The number of nitrogens with one attached hydrogen (secondary N) is 1. The van der Waals surface area contributed by atoms with Gasteiger partial charge in [0.05, 0.1) is 5.69 Å². The van der Waals surface area contributed by atoms with Crippen molar-refractivity contribution in [2.24, 2.45) is 0 Å². The Morgan fingerprint density at radius 1 is 1.19 bits per heavy atom. The van der Waals surface area contributed by atoms with Crippen LogP contribution in [0.5, 0.6) is 0 Å². The van der Waals surface area contributed by atoms with E-state index in [1.165, 1.54) is 24.4 Å². The molecule has 0 saturated carbocycles. The molecule has 21 heavy (non-hydrogen) atoms. The monoisotopic (exact) mass is 299 g/mol. The van der Waals surface area contributed by atoms with Crippen LogP contribution in [0.2, 0.25) is 0 Å². The van der Waals surface area contributed by atoms with E-state index < -0.39 is 17.7 Å². The quantitative estimate of drug-likeness (QED) is 0.878. The van der Waals surface area contributed by atoms with Crippen LogP contribution in [0.4, 0.5) is 17.6 Å². The lowest BCUT2D eigenvalue weighted by atomic mass is 10.2. The molecule has 0 aliphatic heterocycles. The van der Waals surface area contributed by atoms with Gasteiger partial charge < -0.3 is 5.32 Å². The van der Waals surface area contributed by atoms with E-state index in [1.807, 2.05) is 0 Å². The summed E-state index contributed by atoms with van der Waals surface area (Å²) < 4.78 is 50.6. The molecule has 3 nitrogen and oxygen atoms in total. The Morgan fingerprint density at radius 3 is 2.52 bits per heavy atom. The third-order valence-electron chi connectivity index (χ3n) is 2.92. The summed E-state index contributed by atoms with van der Waals surface area (Å²) in [6.07, 6.45) is -1.82. The second kappa shape index (κ2) is 6.17. The molecule has 1 N–H and O–H groups in total. The van der Waals surface area contributed by atoms with E-state index in [4.69, 9.17) is 0 Å². The van der Waals surface area contributed by atoms with Crippen molar-refractivity contribution < 1.29 is 17.6 Å². The van der Waals surface area contributed by atoms with Crippen molar-refractivity contribution in [3.63, 3.8) is 0 Å². The highest BCUT2D eigenvalue weighted by atomic mass is 19.4. The van der Waals surface area contributed by atoms with E-state index in [0.29, 0.717) is 5.56 Å². The van der Waals surface area contributed by atoms with Gasteiger partial charge in [-0.25, -0.2) is 4.39 Å². The Balaban J connectivity index is 1.99. The van der Waals surface area contributed by atoms with Crippen molar-refractivity contribution >= 4 is 0 Å². The van der Waals surface area contributed by atoms with Gasteiger partial charge in [0, 0.05) is 25.0 Å². The first-order valence-corrected chi connectivity index (χ1v) is 6.24. The minimum atomic E-state index is -4.45. The first kappa shape index (κ1) is 15.4. The van der Waals surface area contributed by atoms with Gasteiger partial charge in [-0.1, -0.05) is 6.07 Å². The number of rotatable bonds is 4. The zero-order chi connectivity index (χ0) is 15.5. The van der Waals surface area contributed by atoms with Gasteiger partial charge >= 0.3 is 6.18 Å². The van der Waals surface area contributed by atoms with Crippen LogP contribution in [0.25, 0.3) is 0 Å². The highest BCUT2D eigenvalue weighted by Crippen LogP contribution is 2.27. The largest absolute Gasteiger partial charge is 0.433 e. The number of pyridine rings is 2. The maximum Gasteiger partial charge on any atom is 0.433 e. The van der Waals surface area contributed by atoms with E-state index in [2.05, 4.69) is 15.3 Å². The van der Waals surface area contributed by atoms with E-state index in [-0.39, 0.29) is 18.3 Å². The molecule has 0 fully saturated rings.